The van der Waals surface area contributed by atoms with Gasteiger partial charge < -0.3 is 19.7 Å². The fourth-order valence-corrected chi connectivity index (χ4v) is 3.70. The van der Waals surface area contributed by atoms with Crippen LogP contribution in [0.1, 0.15) is 30.5 Å². The van der Waals surface area contributed by atoms with E-state index in [1.807, 2.05) is 26.2 Å². The van der Waals surface area contributed by atoms with E-state index in [0.717, 1.165) is 41.7 Å². The van der Waals surface area contributed by atoms with Gasteiger partial charge in [0, 0.05) is 36.4 Å². The van der Waals surface area contributed by atoms with Crippen molar-refractivity contribution in [3.8, 4) is 23.0 Å². The molecule has 0 bridgehead atoms. The standard InChI is InChI=1S/C24H27N3O2/c1-24(2,29-11-10-28)8-6-19-14-25-23-22(19)13-20(15-26-23)18-5-4-17-7-9-27(3)16-21(17)12-18/h4-5,12-15,28H,7,9-11,16H2,1-3H3,(H,25,26). The molecular formula is C24H27N3O2. The predicted molar refractivity (Wildman–Crippen MR) is 116 cm³/mol. The summed E-state index contributed by atoms with van der Waals surface area (Å²) in [5.41, 5.74) is 6.21. The topological polar surface area (TPSA) is 61.4 Å². The Hall–Kier alpha value is -2.65. The van der Waals surface area contributed by atoms with Crippen molar-refractivity contribution in [2.45, 2.75) is 32.4 Å². The quantitative estimate of drug-likeness (QED) is 0.672. The molecule has 150 valence electrons. The number of hydrogen-bond donors (Lipinski definition) is 2. The first-order valence-electron chi connectivity index (χ1n) is 10.0. The second kappa shape index (κ2) is 8.00. The zero-order valence-electron chi connectivity index (χ0n) is 17.2. The maximum atomic E-state index is 8.96. The van der Waals surface area contributed by atoms with Crippen molar-refractivity contribution in [1.82, 2.24) is 14.9 Å². The van der Waals surface area contributed by atoms with Crippen LogP contribution >= 0.6 is 0 Å². The number of aromatic amines is 1. The van der Waals surface area contributed by atoms with Gasteiger partial charge in [-0.25, -0.2) is 4.98 Å². The average Bonchev–Trinajstić information content (AvgIpc) is 3.12. The zero-order valence-corrected chi connectivity index (χ0v) is 17.2. The molecule has 0 saturated carbocycles. The van der Waals surface area contributed by atoms with Crippen molar-refractivity contribution in [3.63, 3.8) is 0 Å². The third kappa shape index (κ3) is 4.35. The lowest BCUT2D eigenvalue weighted by molar-refractivity contribution is 0.00604. The number of H-pyrrole nitrogens is 1. The van der Waals surface area contributed by atoms with Crippen LogP contribution < -0.4 is 0 Å². The smallest absolute Gasteiger partial charge is 0.138 e. The fraction of sp³-hybridized carbons (Fsp3) is 0.375. The summed E-state index contributed by atoms with van der Waals surface area (Å²) in [7, 11) is 2.17. The van der Waals surface area contributed by atoms with Gasteiger partial charge in [0.1, 0.15) is 11.2 Å². The summed E-state index contributed by atoms with van der Waals surface area (Å²) in [5.74, 6) is 6.37. The SMILES string of the molecule is CN1CCc2ccc(-c3cnc4[nH]cc(C#CC(C)(C)OCCO)c4c3)cc2C1. The fourth-order valence-electron chi connectivity index (χ4n) is 3.70. The number of nitrogens with zero attached hydrogens (tertiary/aromatic N) is 2. The third-order valence-electron chi connectivity index (χ3n) is 5.33. The minimum Gasteiger partial charge on any atom is -0.394 e. The molecule has 1 aromatic carbocycles. The van der Waals surface area contributed by atoms with Gasteiger partial charge in [-0.3, -0.25) is 0 Å². The Morgan fingerprint density at radius 3 is 2.93 bits per heavy atom. The van der Waals surface area contributed by atoms with E-state index in [2.05, 4.69) is 58.0 Å². The molecule has 5 heteroatoms. The molecule has 1 aliphatic rings. The molecule has 3 heterocycles. The molecular weight excluding hydrogens is 362 g/mol. The number of aliphatic hydroxyl groups excluding tert-OH is 1. The molecule has 0 saturated heterocycles. The monoisotopic (exact) mass is 389 g/mol. The highest BCUT2D eigenvalue weighted by atomic mass is 16.5. The van der Waals surface area contributed by atoms with E-state index in [1.165, 1.54) is 16.7 Å². The number of nitrogens with one attached hydrogen (secondary N) is 1. The van der Waals surface area contributed by atoms with Crippen LogP contribution in [-0.4, -0.2) is 52.4 Å². The predicted octanol–water partition coefficient (Wildman–Crippen LogP) is 3.36. The lowest BCUT2D eigenvalue weighted by Gasteiger charge is -2.25. The molecule has 29 heavy (non-hydrogen) atoms. The Morgan fingerprint density at radius 2 is 2.10 bits per heavy atom. The van der Waals surface area contributed by atoms with Crippen molar-refractivity contribution in [3.05, 3.63) is 53.3 Å². The minimum absolute atomic E-state index is 0.0119. The molecule has 0 fully saturated rings. The number of fused-ring (bicyclic) bond motifs is 2. The van der Waals surface area contributed by atoms with E-state index in [9.17, 15) is 0 Å². The van der Waals surface area contributed by atoms with Gasteiger partial charge in [-0.1, -0.05) is 24.0 Å². The zero-order chi connectivity index (χ0) is 20.4. The van der Waals surface area contributed by atoms with Gasteiger partial charge in [-0.15, -0.1) is 0 Å². The number of likely N-dealkylation sites (N-methyl/N-ethyl adjacent to an activating group) is 1. The number of rotatable bonds is 4. The summed E-state index contributed by atoms with van der Waals surface area (Å²) >= 11 is 0. The Labute approximate surface area is 171 Å². The van der Waals surface area contributed by atoms with Crippen molar-refractivity contribution in [2.75, 3.05) is 26.8 Å². The van der Waals surface area contributed by atoms with E-state index < -0.39 is 5.60 Å². The maximum absolute atomic E-state index is 8.96. The molecule has 2 N–H and O–H groups in total. The summed E-state index contributed by atoms with van der Waals surface area (Å²) in [6.07, 6.45) is 4.91. The Bertz CT molecular complexity index is 1090. The number of ether oxygens (including phenoxy) is 1. The number of pyridine rings is 1. The van der Waals surface area contributed by atoms with Gasteiger partial charge in [0.25, 0.3) is 0 Å². The summed E-state index contributed by atoms with van der Waals surface area (Å²) in [6, 6.07) is 8.88. The van der Waals surface area contributed by atoms with Crippen LogP contribution in [0.15, 0.2) is 36.7 Å². The molecule has 5 nitrogen and oxygen atoms in total. The van der Waals surface area contributed by atoms with Crippen molar-refractivity contribution in [2.24, 2.45) is 0 Å². The molecule has 2 aromatic heterocycles. The van der Waals surface area contributed by atoms with Crippen LogP contribution in [0.2, 0.25) is 0 Å². The number of benzene rings is 1. The second-order valence-corrected chi connectivity index (χ2v) is 8.13. The van der Waals surface area contributed by atoms with Crippen molar-refractivity contribution < 1.29 is 9.84 Å². The number of aliphatic hydroxyl groups is 1. The molecule has 0 radical (unpaired) electrons. The van der Waals surface area contributed by atoms with Crippen molar-refractivity contribution >= 4 is 11.0 Å². The van der Waals surface area contributed by atoms with Crippen LogP contribution in [0.4, 0.5) is 0 Å². The normalized spacial score (nSPS) is 14.5. The van der Waals surface area contributed by atoms with Gasteiger partial charge in [-0.2, -0.15) is 0 Å². The Balaban J connectivity index is 1.67. The summed E-state index contributed by atoms with van der Waals surface area (Å²) in [5, 5.41) is 9.96. The lowest BCUT2D eigenvalue weighted by atomic mass is 9.95. The molecule has 0 aliphatic carbocycles. The van der Waals surface area contributed by atoms with Crippen LogP contribution in [0.3, 0.4) is 0 Å². The number of hydrogen-bond acceptors (Lipinski definition) is 4. The average molecular weight is 389 g/mol. The van der Waals surface area contributed by atoms with Crippen LogP contribution in [-0.2, 0) is 17.7 Å². The van der Waals surface area contributed by atoms with Crippen molar-refractivity contribution in [1.29, 1.82) is 0 Å². The van der Waals surface area contributed by atoms with Crippen LogP contribution in [0.5, 0.6) is 0 Å². The highest BCUT2D eigenvalue weighted by Crippen LogP contribution is 2.28. The van der Waals surface area contributed by atoms with E-state index >= 15 is 0 Å². The van der Waals surface area contributed by atoms with E-state index in [4.69, 9.17) is 9.84 Å². The summed E-state index contributed by atoms with van der Waals surface area (Å²) in [4.78, 5) is 10.2. The highest BCUT2D eigenvalue weighted by Gasteiger charge is 2.16. The molecule has 0 spiro atoms. The highest BCUT2D eigenvalue weighted by molar-refractivity contribution is 5.87. The van der Waals surface area contributed by atoms with Gasteiger partial charge in [-0.05, 0) is 56.1 Å². The Kier molecular flexibility index (Phi) is 5.42. The minimum atomic E-state index is -0.623. The van der Waals surface area contributed by atoms with Gasteiger partial charge in [0.15, 0.2) is 0 Å². The molecule has 1 aliphatic heterocycles. The van der Waals surface area contributed by atoms with Gasteiger partial charge in [0.05, 0.1) is 18.8 Å². The molecule has 0 unspecified atom stereocenters. The van der Waals surface area contributed by atoms with Crippen LogP contribution in [0, 0.1) is 11.8 Å². The van der Waals surface area contributed by atoms with Crippen LogP contribution in [0.25, 0.3) is 22.2 Å². The molecule has 4 rings (SSSR count). The molecule has 0 amide bonds. The van der Waals surface area contributed by atoms with E-state index in [1.54, 1.807) is 0 Å². The molecule has 0 atom stereocenters. The first kappa shape index (κ1) is 19.7. The largest absolute Gasteiger partial charge is 0.394 e. The third-order valence-corrected chi connectivity index (χ3v) is 5.33. The first-order valence-corrected chi connectivity index (χ1v) is 10.0. The lowest BCUT2D eigenvalue weighted by Crippen LogP contribution is -2.26. The number of aromatic nitrogens is 2. The summed E-state index contributed by atoms with van der Waals surface area (Å²) < 4.78 is 5.59. The summed E-state index contributed by atoms with van der Waals surface area (Å²) in [6.45, 7) is 6.17. The van der Waals surface area contributed by atoms with Gasteiger partial charge >= 0.3 is 0 Å². The molecule has 3 aromatic rings. The first-order chi connectivity index (χ1) is 13.9. The Morgan fingerprint density at radius 1 is 1.24 bits per heavy atom. The van der Waals surface area contributed by atoms with Gasteiger partial charge in [0.2, 0.25) is 0 Å². The maximum Gasteiger partial charge on any atom is 0.138 e. The second-order valence-electron chi connectivity index (χ2n) is 8.13. The van der Waals surface area contributed by atoms with E-state index in [-0.39, 0.29) is 13.2 Å². The van der Waals surface area contributed by atoms with E-state index in [0.29, 0.717) is 0 Å².